The van der Waals surface area contributed by atoms with E-state index in [2.05, 4.69) is 65.3 Å². The Kier molecular flexibility index (Phi) is 18.4. The van der Waals surface area contributed by atoms with Gasteiger partial charge in [-0.25, -0.2) is 4.79 Å². The van der Waals surface area contributed by atoms with Gasteiger partial charge in [-0.1, -0.05) is 47.8 Å². The van der Waals surface area contributed by atoms with Crippen molar-refractivity contribution in [2.75, 3.05) is 23.9 Å². The number of aliphatic hydroxyl groups excluding tert-OH is 1. The first-order valence-electron chi connectivity index (χ1n) is 13.8. The van der Waals surface area contributed by atoms with Crippen LogP contribution in [-0.2, 0) is 14.3 Å². The van der Waals surface area contributed by atoms with E-state index in [0.29, 0.717) is 17.6 Å². The van der Waals surface area contributed by atoms with Gasteiger partial charge < -0.3 is 15.2 Å². The number of hydrogen-bond donors (Lipinski definition) is 3. The molecular weight excluding hydrogens is 828 g/mol. The minimum Gasteiger partial charge on any atom is -0.393 e. The average Bonchev–Trinajstić information content (AvgIpc) is 3.73. The Morgan fingerprint density at radius 3 is 1.62 bits per heavy atom. The molecule has 0 aromatic heterocycles. The molecule has 13 heteroatoms. The van der Waals surface area contributed by atoms with Crippen molar-refractivity contribution in [1.29, 1.82) is 0 Å². The van der Waals surface area contributed by atoms with E-state index in [1.54, 1.807) is 44.3 Å². The van der Waals surface area contributed by atoms with Crippen molar-refractivity contribution in [2.45, 2.75) is 60.1 Å². The first kappa shape index (κ1) is 39.9. The Morgan fingerprint density at radius 1 is 0.889 bits per heavy atom. The maximum absolute atomic E-state index is 11.6. The lowest BCUT2D eigenvalue weighted by Crippen LogP contribution is -2.46. The van der Waals surface area contributed by atoms with Gasteiger partial charge in [0.05, 0.1) is 24.6 Å². The largest absolute Gasteiger partial charge is 0.393 e. The van der Waals surface area contributed by atoms with Crippen molar-refractivity contribution in [3.63, 3.8) is 0 Å². The normalized spacial score (nSPS) is 18.4. The average molecular weight is 866 g/mol. The number of halogens is 3. The van der Waals surface area contributed by atoms with E-state index in [0.717, 1.165) is 35.6 Å². The van der Waals surface area contributed by atoms with Gasteiger partial charge in [-0.15, -0.1) is 35.3 Å². The molecule has 3 N–H and O–H groups in total. The highest BCUT2D eigenvalue weighted by Gasteiger charge is 2.41. The summed E-state index contributed by atoms with van der Waals surface area (Å²) < 4.78 is 7.87. The van der Waals surface area contributed by atoms with Gasteiger partial charge in [-0.3, -0.25) is 14.9 Å². The van der Waals surface area contributed by atoms with Crippen molar-refractivity contribution in [2.24, 2.45) is 0 Å². The highest BCUT2D eigenvalue weighted by molar-refractivity contribution is 9.11. The first-order chi connectivity index (χ1) is 21.3. The lowest BCUT2D eigenvalue weighted by molar-refractivity contribution is -0.122. The molecule has 3 aromatic rings. The number of urea groups is 1. The van der Waals surface area contributed by atoms with E-state index in [1.165, 1.54) is 16.7 Å². The Labute approximate surface area is 303 Å². The zero-order chi connectivity index (χ0) is 33.4. The summed E-state index contributed by atoms with van der Waals surface area (Å²) in [5, 5.41) is 13.9. The Morgan fingerprint density at radius 2 is 1.29 bits per heavy atom. The van der Waals surface area contributed by atoms with Crippen LogP contribution in [0.4, 0.5) is 4.79 Å². The second kappa shape index (κ2) is 20.8. The fourth-order valence-corrected chi connectivity index (χ4v) is 6.24. The third-order valence-corrected chi connectivity index (χ3v) is 10.8. The molecule has 3 atom stereocenters. The molecule has 7 nitrogen and oxygen atoms in total. The Bertz CT molecular complexity index is 1360. The number of carbonyl (C=O) groups excluding carboxylic acids is 3. The smallest absolute Gasteiger partial charge is 0.322 e. The number of benzene rings is 3. The molecule has 3 unspecified atom stereocenters. The quantitative estimate of drug-likeness (QED) is 0.112. The molecule has 0 radical (unpaired) electrons. The fourth-order valence-electron chi connectivity index (χ4n) is 3.00. The Balaban J connectivity index is 0.000000225. The highest BCUT2D eigenvalue weighted by atomic mass is 79.9. The molecule has 0 aliphatic carbocycles. The van der Waals surface area contributed by atoms with Gasteiger partial charge in [0, 0.05) is 39.6 Å². The number of rotatable bonds is 9. The van der Waals surface area contributed by atoms with Gasteiger partial charge in [-0.05, 0) is 100 Å². The molecule has 2 heterocycles. The number of ether oxygens (including phenoxy) is 1. The summed E-state index contributed by atoms with van der Waals surface area (Å²) in [6.45, 7) is 8.16. The molecule has 0 spiro atoms. The van der Waals surface area contributed by atoms with Gasteiger partial charge >= 0.3 is 6.03 Å². The molecule has 2 saturated heterocycles. The number of epoxide rings is 1. The van der Waals surface area contributed by atoms with Gasteiger partial charge in [0.2, 0.25) is 0 Å². The number of nitrogens with one attached hydrogen (secondary N) is 2. The lowest BCUT2D eigenvalue weighted by Gasteiger charge is -2.19. The van der Waals surface area contributed by atoms with Crippen LogP contribution in [0, 0.1) is 0 Å². The molecular formula is C32H37Br3N2O5S3. The van der Waals surface area contributed by atoms with E-state index < -0.39 is 11.6 Å². The maximum atomic E-state index is 11.6. The number of amides is 3. The van der Waals surface area contributed by atoms with Crippen LogP contribution in [0.25, 0.3) is 0 Å². The number of Topliss-reactive ketones (excluding diaryl/α,β-unsaturated/α-hetero) is 1. The molecule has 3 aromatic carbocycles. The summed E-state index contributed by atoms with van der Waals surface area (Å²) in [6.07, 6.45) is 0.346. The zero-order valence-electron chi connectivity index (χ0n) is 25.4. The predicted octanol–water partition coefficient (Wildman–Crippen LogP) is 8.60. The van der Waals surface area contributed by atoms with Gasteiger partial charge in [0.25, 0.3) is 5.91 Å². The van der Waals surface area contributed by atoms with E-state index in [4.69, 9.17) is 9.84 Å². The number of ketones is 1. The van der Waals surface area contributed by atoms with Gasteiger partial charge in [0.15, 0.2) is 0 Å². The van der Waals surface area contributed by atoms with E-state index >= 15 is 0 Å². The van der Waals surface area contributed by atoms with Crippen molar-refractivity contribution >= 4 is 101 Å². The summed E-state index contributed by atoms with van der Waals surface area (Å²) >= 11 is 14.8. The minimum absolute atomic E-state index is 0.211. The maximum Gasteiger partial charge on any atom is 0.322 e. The van der Waals surface area contributed by atoms with Crippen LogP contribution in [0.2, 0.25) is 0 Å². The second-order valence-electron chi connectivity index (χ2n) is 10.2. The van der Waals surface area contributed by atoms with Crippen LogP contribution in [-0.4, -0.2) is 64.4 Å². The molecule has 2 fully saturated rings. The van der Waals surface area contributed by atoms with Gasteiger partial charge in [0.1, 0.15) is 11.3 Å². The molecule has 2 aliphatic rings. The lowest BCUT2D eigenvalue weighted by atomic mass is 10.1. The summed E-state index contributed by atoms with van der Waals surface area (Å²) in [5.74, 6) is 1.75. The number of imide groups is 1. The number of hydrogen-bond acceptors (Lipinski definition) is 8. The monoisotopic (exact) mass is 862 g/mol. The van der Waals surface area contributed by atoms with E-state index in [9.17, 15) is 14.4 Å². The molecule has 0 saturated carbocycles. The van der Waals surface area contributed by atoms with Crippen LogP contribution in [0.5, 0.6) is 0 Å². The van der Waals surface area contributed by atoms with E-state index in [1.807, 2.05) is 72.8 Å². The minimum atomic E-state index is -0.825. The van der Waals surface area contributed by atoms with Crippen LogP contribution in [0.15, 0.2) is 101 Å². The molecule has 0 bridgehead atoms. The summed E-state index contributed by atoms with van der Waals surface area (Å²) in [5.41, 5.74) is -0.825. The van der Waals surface area contributed by atoms with Crippen molar-refractivity contribution < 1.29 is 24.2 Å². The van der Waals surface area contributed by atoms with Crippen LogP contribution < -0.4 is 10.6 Å². The van der Waals surface area contributed by atoms with Crippen molar-refractivity contribution in [1.82, 2.24) is 10.6 Å². The van der Waals surface area contributed by atoms with Crippen LogP contribution in [0.3, 0.4) is 0 Å². The zero-order valence-corrected chi connectivity index (χ0v) is 32.6. The third kappa shape index (κ3) is 18.0. The van der Waals surface area contributed by atoms with Crippen molar-refractivity contribution in [3.8, 4) is 0 Å². The predicted molar refractivity (Wildman–Crippen MR) is 197 cm³/mol. The summed E-state index contributed by atoms with van der Waals surface area (Å²) in [6, 6.07) is 23.4. The number of carbonyl (C=O) groups is 3. The standard InChI is InChI=1S/C11H11BrN2O2S.C9H11BrOS.C9H9BrOS.C3H6O/c1-11(9(15)13-10(16)14-11)6-17-8-4-2-7(12)3-5-8;2*1-7(11)6-12-9-4-2-8(10)3-5-9;1-3-2-4-3/h2-5H,6H2,1H3,(H2,13,14,15,16);2-5,7,11H,6H2,1H3;2-5H,6H2,1H3;3H,2H2,1H3. The first-order valence-corrected chi connectivity index (χ1v) is 19.2. The fraction of sp³-hybridized carbons (Fsp3) is 0.344. The SMILES string of the molecule is CC(=O)CSc1ccc(Br)cc1.CC(O)CSc1ccc(Br)cc1.CC1(CSc2ccc(Br)cc2)NC(=O)NC1=O.CC1CO1. The highest BCUT2D eigenvalue weighted by Crippen LogP contribution is 2.26. The van der Waals surface area contributed by atoms with Crippen LogP contribution in [0.1, 0.15) is 27.7 Å². The second-order valence-corrected chi connectivity index (χ2v) is 16.1. The van der Waals surface area contributed by atoms with E-state index in [-0.39, 0.29) is 17.8 Å². The molecule has 45 heavy (non-hydrogen) atoms. The van der Waals surface area contributed by atoms with Gasteiger partial charge in [-0.2, -0.15) is 0 Å². The third-order valence-electron chi connectivity index (χ3n) is 5.52. The Hall–Kier alpha value is -1.32. The summed E-state index contributed by atoms with van der Waals surface area (Å²) in [7, 11) is 0. The molecule has 5 rings (SSSR count). The summed E-state index contributed by atoms with van der Waals surface area (Å²) in [4.78, 5) is 36.7. The molecule has 3 amide bonds. The van der Waals surface area contributed by atoms with Crippen molar-refractivity contribution in [3.05, 3.63) is 86.2 Å². The van der Waals surface area contributed by atoms with Crippen LogP contribution >= 0.6 is 83.1 Å². The number of aliphatic hydroxyl groups is 1. The number of thioether (sulfide) groups is 3. The molecule has 2 aliphatic heterocycles. The topological polar surface area (TPSA) is 108 Å². The molecule has 244 valence electrons.